The van der Waals surface area contributed by atoms with Gasteiger partial charge in [-0.2, -0.15) is 0 Å². The van der Waals surface area contributed by atoms with E-state index in [9.17, 15) is 0 Å². The van der Waals surface area contributed by atoms with Crippen molar-refractivity contribution in [2.45, 2.75) is 32.5 Å². The second kappa shape index (κ2) is 4.60. The van der Waals surface area contributed by atoms with Gasteiger partial charge in [-0.05, 0) is 27.3 Å². The number of hydrogen-bond donors (Lipinski definition) is 3. The van der Waals surface area contributed by atoms with Crippen LogP contribution in [0.15, 0.2) is 11.6 Å². The predicted octanol–water partition coefficient (Wildman–Crippen LogP) is 0.407. The molecule has 3 N–H and O–H groups in total. The molecule has 2 unspecified atom stereocenters. The highest BCUT2D eigenvalue weighted by atomic mass is 15.2. The minimum atomic E-state index is 0.443. The summed E-state index contributed by atoms with van der Waals surface area (Å²) in [6, 6.07) is 0.532. The van der Waals surface area contributed by atoms with E-state index >= 15 is 0 Å². The zero-order valence-corrected chi connectivity index (χ0v) is 8.15. The second-order valence-electron chi connectivity index (χ2n) is 3.24. The van der Waals surface area contributed by atoms with Crippen molar-refractivity contribution in [3.8, 4) is 0 Å². The molecule has 0 bridgehead atoms. The van der Waals surface area contributed by atoms with Crippen molar-refractivity contribution in [1.82, 2.24) is 16.0 Å². The average Bonchev–Trinajstić information content (AvgIpc) is 2.43. The van der Waals surface area contributed by atoms with Gasteiger partial charge in [0.15, 0.2) is 0 Å². The number of nitrogens with one attached hydrogen (secondary N) is 3. The maximum atomic E-state index is 3.47. The van der Waals surface area contributed by atoms with Gasteiger partial charge in [0.05, 0.1) is 6.17 Å². The van der Waals surface area contributed by atoms with Crippen LogP contribution in [-0.2, 0) is 0 Å². The lowest BCUT2D eigenvalue weighted by molar-refractivity contribution is 0.451. The Kier molecular flexibility index (Phi) is 3.72. The van der Waals surface area contributed by atoms with Crippen LogP contribution in [0.1, 0.15) is 20.3 Å². The van der Waals surface area contributed by atoms with Crippen molar-refractivity contribution in [1.29, 1.82) is 0 Å². The Hall–Kier alpha value is -0.380. The van der Waals surface area contributed by atoms with Crippen LogP contribution >= 0.6 is 0 Å². The van der Waals surface area contributed by atoms with Gasteiger partial charge in [0.25, 0.3) is 0 Å². The largest absolute Gasteiger partial charge is 0.308 e. The zero-order valence-electron chi connectivity index (χ0n) is 8.15. The van der Waals surface area contributed by atoms with E-state index in [-0.39, 0.29) is 0 Å². The number of hydrogen-bond acceptors (Lipinski definition) is 3. The van der Waals surface area contributed by atoms with Gasteiger partial charge in [-0.3, -0.25) is 10.6 Å². The quantitative estimate of drug-likeness (QED) is 0.423. The molecule has 2 atom stereocenters. The van der Waals surface area contributed by atoms with Gasteiger partial charge < -0.3 is 5.32 Å². The summed E-state index contributed by atoms with van der Waals surface area (Å²) < 4.78 is 0. The average molecular weight is 169 g/mol. The van der Waals surface area contributed by atoms with Crippen LogP contribution in [0.5, 0.6) is 0 Å². The molecular formula is C9H19N3. The minimum Gasteiger partial charge on any atom is -0.308 e. The Morgan fingerprint density at radius 2 is 2.42 bits per heavy atom. The molecular weight excluding hydrogens is 150 g/mol. The molecule has 0 radical (unpaired) electrons. The predicted molar refractivity (Wildman–Crippen MR) is 51.8 cm³/mol. The van der Waals surface area contributed by atoms with Gasteiger partial charge in [0.1, 0.15) is 0 Å². The second-order valence-corrected chi connectivity index (χ2v) is 3.24. The van der Waals surface area contributed by atoms with E-state index in [0.29, 0.717) is 12.2 Å². The Balaban J connectivity index is 2.33. The smallest absolute Gasteiger partial charge is 0.0624 e. The molecule has 3 heteroatoms. The van der Waals surface area contributed by atoms with Crippen LogP contribution in [0, 0.1) is 0 Å². The molecule has 1 saturated heterocycles. The zero-order chi connectivity index (χ0) is 8.97. The van der Waals surface area contributed by atoms with Crippen molar-refractivity contribution >= 4 is 0 Å². The van der Waals surface area contributed by atoms with E-state index < -0.39 is 0 Å². The third-order valence-corrected chi connectivity index (χ3v) is 2.34. The molecule has 0 aromatic rings. The van der Waals surface area contributed by atoms with Crippen molar-refractivity contribution < 1.29 is 0 Å². The lowest BCUT2D eigenvalue weighted by Crippen LogP contribution is -2.43. The molecule has 1 aliphatic heterocycles. The molecule has 0 aliphatic carbocycles. The van der Waals surface area contributed by atoms with E-state index in [1.54, 1.807) is 0 Å². The first-order valence-corrected chi connectivity index (χ1v) is 4.57. The fraction of sp³-hybridized carbons (Fsp3) is 0.778. The van der Waals surface area contributed by atoms with E-state index in [1.165, 1.54) is 5.57 Å². The standard InChI is InChI=1S/C9H19N3/c1-4-8-5-9(11-6-10-3)12-7(8)2/h4,7,9-12H,5-6H2,1-3H3/b8-4-. The molecule has 3 nitrogen and oxygen atoms in total. The Morgan fingerprint density at radius 3 is 2.92 bits per heavy atom. The first-order chi connectivity index (χ1) is 5.77. The van der Waals surface area contributed by atoms with Gasteiger partial charge in [0.2, 0.25) is 0 Å². The van der Waals surface area contributed by atoms with Crippen molar-refractivity contribution in [3.05, 3.63) is 11.6 Å². The highest BCUT2D eigenvalue weighted by Crippen LogP contribution is 2.16. The monoisotopic (exact) mass is 169 g/mol. The van der Waals surface area contributed by atoms with Gasteiger partial charge in [-0.1, -0.05) is 11.6 Å². The lowest BCUT2D eigenvalue weighted by atomic mass is 10.1. The van der Waals surface area contributed by atoms with Gasteiger partial charge in [-0.25, -0.2) is 0 Å². The molecule has 1 rings (SSSR count). The molecule has 0 aromatic carbocycles. The Labute approximate surface area is 74.6 Å². The summed E-state index contributed by atoms with van der Waals surface area (Å²) in [5.74, 6) is 0. The SMILES string of the molecule is C/C=C1/CC(NCNC)NC1C. The maximum absolute atomic E-state index is 3.47. The van der Waals surface area contributed by atoms with Crippen molar-refractivity contribution in [2.24, 2.45) is 0 Å². The molecule has 1 aliphatic rings. The highest BCUT2D eigenvalue weighted by Gasteiger charge is 2.23. The first-order valence-electron chi connectivity index (χ1n) is 4.57. The van der Waals surface area contributed by atoms with Gasteiger partial charge >= 0.3 is 0 Å². The van der Waals surface area contributed by atoms with E-state index in [4.69, 9.17) is 0 Å². The summed E-state index contributed by atoms with van der Waals surface area (Å²) in [5, 5.41) is 9.90. The fourth-order valence-electron chi connectivity index (χ4n) is 1.60. The van der Waals surface area contributed by atoms with Crippen LogP contribution in [0.4, 0.5) is 0 Å². The summed E-state index contributed by atoms with van der Waals surface area (Å²) >= 11 is 0. The Morgan fingerprint density at radius 1 is 1.67 bits per heavy atom. The minimum absolute atomic E-state index is 0.443. The van der Waals surface area contributed by atoms with Crippen LogP contribution in [0.3, 0.4) is 0 Å². The lowest BCUT2D eigenvalue weighted by Gasteiger charge is -2.12. The topological polar surface area (TPSA) is 36.1 Å². The number of rotatable bonds is 3. The summed E-state index contributed by atoms with van der Waals surface area (Å²) in [4.78, 5) is 0. The van der Waals surface area contributed by atoms with Crippen LogP contribution in [-0.4, -0.2) is 25.9 Å². The molecule has 70 valence electrons. The number of allylic oxidation sites excluding steroid dienone is 1. The summed E-state index contributed by atoms with van der Waals surface area (Å²) in [7, 11) is 1.95. The molecule has 1 heterocycles. The Bertz CT molecular complexity index is 165. The highest BCUT2D eigenvalue weighted by molar-refractivity contribution is 5.15. The molecule has 12 heavy (non-hydrogen) atoms. The van der Waals surface area contributed by atoms with E-state index in [2.05, 4.69) is 35.9 Å². The van der Waals surface area contributed by atoms with Crippen LogP contribution in [0.25, 0.3) is 0 Å². The normalized spacial score (nSPS) is 33.1. The van der Waals surface area contributed by atoms with E-state index in [0.717, 1.165) is 13.1 Å². The summed E-state index contributed by atoms with van der Waals surface area (Å²) in [6.07, 6.45) is 3.77. The molecule has 0 amide bonds. The third-order valence-electron chi connectivity index (χ3n) is 2.34. The molecule has 0 spiro atoms. The van der Waals surface area contributed by atoms with Gasteiger partial charge in [0, 0.05) is 12.7 Å². The fourth-order valence-corrected chi connectivity index (χ4v) is 1.60. The third kappa shape index (κ3) is 2.30. The van der Waals surface area contributed by atoms with Gasteiger partial charge in [-0.15, -0.1) is 0 Å². The van der Waals surface area contributed by atoms with Crippen molar-refractivity contribution in [3.63, 3.8) is 0 Å². The summed E-state index contributed by atoms with van der Waals surface area (Å²) in [6.45, 7) is 5.17. The van der Waals surface area contributed by atoms with Crippen molar-refractivity contribution in [2.75, 3.05) is 13.7 Å². The maximum Gasteiger partial charge on any atom is 0.0624 e. The first kappa shape index (κ1) is 9.71. The molecule has 1 fully saturated rings. The summed E-state index contributed by atoms with van der Waals surface area (Å²) in [5.41, 5.74) is 1.50. The van der Waals surface area contributed by atoms with E-state index in [1.807, 2.05) is 7.05 Å². The molecule has 0 saturated carbocycles. The van der Waals surface area contributed by atoms with Crippen LogP contribution < -0.4 is 16.0 Å². The van der Waals surface area contributed by atoms with Crippen LogP contribution in [0.2, 0.25) is 0 Å². The molecule has 0 aromatic heterocycles.